The predicted molar refractivity (Wildman–Crippen MR) is 99.7 cm³/mol. The molecule has 3 rings (SSSR count). The number of carbonyl (C=O) groups is 2. The molecule has 0 radical (unpaired) electrons. The van der Waals surface area contributed by atoms with E-state index in [1.807, 2.05) is 32.0 Å². The van der Waals surface area contributed by atoms with E-state index in [9.17, 15) is 14.7 Å². The Kier molecular flexibility index (Phi) is 4.67. The molecule has 0 bridgehead atoms. The topological polar surface area (TPSA) is 90.5 Å². The van der Waals surface area contributed by atoms with Crippen LogP contribution in [0.4, 0.5) is 10.5 Å². The largest absolute Gasteiger partial charge is 0.508 e. The maximum atomic E-state index is 12.9. The first-order valence-electron chi connectivity index (χ1n) is 8.28. The van der Waals surface area contributed by atoms with Crippen molar-refractivity contribution in [3.8, 4) is 5.75 Å². The summed E-state index contributed by atoms with van der Waals surface area (Å²) in [6, 6.07) is 11.2. The van der Waals surface area contributed by atoms with E-state index in [2.05, 4.69) is 22.5 Å². The molecule has 3 amide bonds. The fourth-order valence-corrected chi connectivity index (χ4v) is 3.22. The lowest BCUT2D eigenvalue weighted by atomic mass is 9.88. The molecule has 6 heteroatoms. The number of aromatic hydroxyl groups is 1. The van der Waals surface area contributed by atoms with Crippen LogP contribution in [0.25, 0.3) is 0 Å². The van der Waals surface area contributed by atoms with Crippen LogP contribution in [-0.4, -0.2) is 17.0 Å². The fourth-order valence-electron chi connectivity index (χ4n) is 3.22. The molecule has 0 aromatic heterocycles. The van der Waals surface area contributed by atoms with Gasteiger partial charge in [0.25, 0.3) is 0 Å². The van der Waals surface area contributed by atoms with Gasteiger partial charge in [0.05, 0.1) is 6.04 Å². The molecule has 26 heavy (non-hydrogen) atoms. The second-order valence-corrected chi connectivity index (χ2v) is 6.54. The normalized spacial score (nSPS) is 19.5. The molecule has 0 aliphatic carbocycles. The van der Waals surface area contributed by atoms with Crippen molar-refractivity contribution in [3.05, 3.63) is 71.4 Å². The van der Waals surface area contributed by atoms with E-state index in [1.165, 1.54) is 12.1 Å². The smallest absolute Gasteiger partial charge is 0.319 e. The highest BCUT2D eigenvalue weighted by Crippen LogP contribution is 2.31. The zero-order valence-corrected chi connectivity index (χ0v) is 14.7. The maximum absolute atomic E-state index is 12.9. The summed E-state index contributed by atoms with van der Waals surface area (Å²) in [6.45, 7) is 7.78. The van der Waals surface area contributed by atoms with Crippen molar-refractivity contribution in [1.29, 1.82) is 0 Å². The fraction of sp³-hybridized carbons (Fsp3) is 0.200. The van der Waals surface area contributed by atoms with Gasteiger partial charge in [-0.3, -0.25) is 4.79 Å². The summed E-state index contributed by atoms with van der Waals surface area (Å²) >= 11 is 0. The zero-order chi connectivity index (χ0) is 18.8. The number of anilines is 1. The van der Waals surface area contributed by atoms with Gasteiger partial charge in [0.2, 0.25) is 5.91 Å². The second kappa shape index (κ2) is 6.92. The van der Waals surface area contributed by atoms with E-state index in [-0.39, 0.29) is 11.7 Å². The number of hydrogen-bond donors (Lipinski definition) is 4. The number of amides is 3. The van der Waals surface area contributed by atoms with Gasteiger partial charge in [-0.2, -0.15) is 0 Å². The standard InChI is InChI=1S/C20H21N3O3/c1-11-8-12(2)10-15(9-11)22-19(25)17-13(3)21-20(26)23-18(17)14-4-6-16(24)7-5-14/h4-10,17-18,24H,3H2,1-2H3,(H,22,25)(H2,21,23,26)/t17-,18+/m1/s1. The molecule has 2 aromatic rings. The lowest BCUT2D eigenvalue weighted by Crippen LogP contribution is -2.51. The minimum atomic E-state index is -0.696. The van der Waals surface area contributed by atoms with Crippen molar-refractivity contribution < 1.29 is 14.7 Å². The first-order valence-corrected chi connectivity index (χ1v) is 8.28. The predicted octanol–water partition coefficient (Wildman–Crippen LogP) is 3.13. The lowest BCUT2D eigenvalue weighted by Gasteiger charge is -2.34. The van der Waals surface area contributed by atoms with Gasteiger partial charge in [-0.1, -0.05) is 24.8 Å². The Balaban J connectivity index is 1.90. The van der Waals surface area contributed by atoms with Crippen LogP contribution in [0.3, 0.4) is 0 Å². The average molecular weight is 351 g/mol. The Bertz CT molecular complexity index is 854. The molecular formula is C20H21N3O3. The van der Waals surface area contributed by atoms with Crippen LogP contribution in [0.2, 0.25) is 0 Å². The van der Waals surface area contributed by atoms with Crippen LogP contribution in [-0.2, 0) is 4.79 Å². The van der Waals surface area contributed by atoms with Gasteiger partial charge in [0.1, 0.15) is 11.7 Å². The molecule has 1 aliphatic heterocycles. The molecular weight excluding hydrogens is 330 g/mol. The third kappa shape index (κ3) is 3.69. The van der Waals surface area contributed by atoms with Crippen molar-refractivity contribution in [1.82, 2.24) is 10.6 Å². The molecule has 6 nitrogen and oxygen atoms in total. The number of benzene rings is 2. The van der Waals surface area contributed by atoms with Gasteiger partial charge < -0.3 is 21.1 Å². The van der Waals surface area contributed by atoms with E-state index < -0.39 is 18.0 Å². The number of urea groups is 1. The van der Waals surface area contributed by atoms with Crippen molar-refractivity contribution in [2.75, 3.05) is 5.32 Å². The first kappa shape index (κ1) is 17.5. The molecule has 1 saturated heterocycles. The third-order valence-electron chi connectivity index (χ3n) is 4.29. The van der Waals surface area contributed by atoms with E-state index in [1.54, 1.807) is 12.1 Å². The lowest BCUT2D eigenvalue weighted by molar-refractivity contribution is -0.119. The SMILES string of the molecule is C=C1NC(=O)N[C@@H](c2ccc(O)cc2)[C@@H]1C(=O)Nc1cc(C)cc(C)c1. The number of carbonyl (C=O) groups excluding carboxylic acids is 2. The van der Waals surface area contributed by atoms with Gasteiger partial charge in [-0.25, -0.2) is 4.79 Å². The Morgan fingerprint density at radius 1 is 1.12 bits per heavy atom. The third-order valence-corrected chi connectivity index (χ3v) is 4.29. The van der Waals surface area contributed by atoms with Crippen LogP contribution < -0.4 is 16.0 Å². The molecule has 0 saturated carbocycles. The highest BCUT2D eigenvalue weighted by molar-refractivity contribution is 5.97. The average Bonchev–Trinajstić information content (AvgIpc) is 2.53. The van der Waals surface area contributed by atoms with Gasteiger partial charge in [-0.05, 0) is 54.8 Å². The maximum Gasteiger partial charge on any atom is 0.319 e. The number of rotatable bonds is 3. The van der Waals surface area contributed by atoms with E-state index >= 15 is 0 Å². The molecule has 134 valence electrons. The van der Waals surface area contributed by atoms with Crippen molar-refractivity contribution in [3.63, 3.8) is 0 Å². The molecule has 1 aliphatic rings. The molecule has 0 unspecified atom stereocenters. The molecule has 2 atom stereocenters. The number of phenols is 1. The number of hydrogen-bond acceptors (Lipinski definition) is 3. The van der Waals surface area contributed by atoms with Crippen LogP contribution in [0.1, 0.15) is 22.7 Å². The highest BCUT2D eigenvalue weighted by atomic mass is 16.3. The van der Waals surface area contributed by atoms with Crippen molar-refractivity contribution >= 4 is 17.6 Å². The molecule has 1 fully saturated rings. The number of nitrogens with one attached hydrogen (secondary N) is 3. The summed E-state index contributed by atoms with van der Waals surface area (Å²) in [5, 5.41) is 17.7. The van der Waals surface area contributed by atoms with Crippen molar-refractivity contribution in [2.45, 2.75) is 19.9 Å². The van der Waals surface area contributed by atoms with Crippen molar-refractivity contribution in [2.24, 2.45) is 5.92 Å². The summed E-state index contributed by atoms with van der Waals surface area (Å²) in [4.78, 5) is 24.8. The van der Waals surface area contributed by atoms with E-state index in [4.69, 9.17) is 0 Å². The molecule has 4 N–H and O–H groups in total. The van der Waals surface area contributed by atoms with Gasteiger partial charge in [-0.15, -0.1) is 0 Å². The quantitative estimate of drug-likeness (QED) is 0.685. The Hall–Kier alpha value is -3.28. The summed E-state index contributed by atoms with van der Waals surface area (Å²) < 4.78 is 0. The monoisotopic (exact) mass is 351 g/mol. The van der Waals surface area contributed by atoms with Crippen LogP contribution >= 0.6 is 0 Å². The number of aryl methyl sites for hydroxylation is 2. The molecule has 1 heterocycles. The molecule has 2 aromatic carbocycles. The number of phenolic OH excluding ortho intramolecular Hbond substituents is 1. The minimum Gasteiger partial charge on any atom is -0.508 e. The first-order chi connectivity index (χ1) is 12.3. The Morgan fingerprint density at radius 2 is 1.73 bits per heavy atom. The summed E-state index contributed by atoms with van der Waals surface area (Å²) in [5.41, 5.74) is 3.82. The van der Waals surface area contributed by atoms with Crippen LogP contribution in [0.15, 0.2) is 54.7 Å². The minimum absolute atomic E-state index is 0.115. The van der Waals surface area contributed by atoms with E-state index in [0.29, 0.717) is 16.9 Å². The zero-order valence-electron chi connectivity index (χ0n) is 14.7. The van der Waals surface area contributed by atoms with Gasteiger partial charge in [0.15, 0.2) is 0 Å². The summed E-state index contributed by atoms with van der Waals surface area (Å²) in [6.07, 6.45) is 0. The summed E-state index contributed by atoms with van der Waals surface area (Å²) in [7, 11) is 0. The van der Waals surface area contributed by atoms with Crippen LogP contribution in [0.5, 0.6) is 5.75 Å². The van der Waals surface area contributed by atoms with Gasteiger partial charge >= 0.3 is 6.03 Å². The van der Waals surface area contributed by atoms with Gasteiger partial charge in [0, 0.05) is 11.4 Å². The molecule has 0 spiro atoms. The summed E-state index contributed by atoms with van der Waals surface area (Å²) in [5.74, 6) is -0.854. The second-order valence-electron chi connectivity index (χ2n) is 6.54. The van der Waals surface area contributed by atoms with E-state index in [0.717, 1.165) is 11.1 Å². The Labute approximate surface area is 151 Å². The Morgan fingerprint density at radius 3 is 2.35 bits per heavy atom. The highest BCUT2D eigenvalue weighted by Gasteiger charge is 2.37. The van der Waals surface area contributed by atoms with Crippen LogP contribution in [0, 0.1) is 19.8 Å².